The highest BCUT2D eigenvalue weighted by Crippen LogP contribution is 2.37. The fourth-order valence-corrected chi connectivity index (χ4v) is 3.27. The number of esters is 1. The SMILES string of the molecule is COC(=O)c1ccc(OC2CCCC2)cc1B1OC(C)(C)C(C)(C)O1. The summed E-state index contributed by atoms with van der Waals surface area (Å²) in [5.41, 5.74) is 0.140. The fourth-order valence-electron chi connectivity index (χ4n) is 3.27. The summed E-state index contributed by atoms with van der Waals surface area (Å²) in [6.45, 7) is 7.96. The van der Waals surface area contributed by atoms with Gasteiger partial charge in [-0.2, -0.15) is 0 Å². The first-order valence-corrected chi connectivity index (χ1v) is 8.98. The predicted octanol–water partition coefficient (Wildman–Crippen LogP) is 3.09. The summed E-state index contributed by atoms with van der Waals surface area (Å²) < 4.78 is 23.3. The summed E-state index contributed by atoms with van der Waals surface area (Å²) in [6, 6.07) is 5.41. The van der Waals surface area contributed by atoms with Crippen molar-refractivity contribution < 1.29 is 23.6 Å². The summed E-state index contributed by atoms with van der Waals surface area (Å²) in [6.07, 6.45) is 4.80. The first kappa shape index (κ1) is 18.3. The third-order valence-corrected chi connectivity index (χ3v) is 5.54. The first-order valence-electron chi connectivity index (χ1n) is 8.98. The van der Waals surface area contributed by atoms with Gasteiger partial charge < -0.3 is 18.8 Å². The molecule has 0 bridgehead atoms. The van der Waals surface area contributed by atoms with Crippen molar-refractivity contribution in [1.82, 2.24) is 0 Å². The maximum absolute atomic E-state index is 12.2. The highest BCUT2D eigenvalue weighted by molar-refractivity contribution is 6.63. The van der Waals surface area contributed by atoms with Crippen LogP contribution >= 0.6 is 0 Å². The lowest BCUT2D eigenvalue weighted by Crippen LogP contribution is -2.41. The number of ether oxygens (including phenoxy) is 2. The van der Waals surface area contributed by atoms with Crippen LogP contribution in [0.1, 0.15) is 63.7 Å². The number of hydrogen-bond donors (Lipinski definition) is 0. The zero-order valence-electron chi connectivity index (χ0n) is 15.8. The van der Waals surface area contributed by atoms with E-state index < -0.39 is 24.3 Å². The van der Waals surface area contributed by atoms with E-state index in [-0.39, 0.29) is 6.10 Å². The molecule has 1 saturated heterocycles. The van der Waals surface area contributed by atoms with E-state index in [0.29, 0.717) is 11.0 Å². The Morgan fingerprint density at radius 3 is 2.28 bits per heavy atom. The van der Waals surface area contributed by atoms with Gasteiger partial charge in [0.25, 0.3) is 0 Å². The van der Waals surface area contributed by atoms with Crippen molar-refractivity contribution in [3.8, 4) is 5.75 Å². The molecule has 2 fully saturated rings. The molecular weight excluding hydrogens is 319 g/mol. The zero-order chi connectivity index (χ0) is 18.2. The second kappa shape index (κ2) is 6.65. The van der Waals surface area contributed by atoms with Gasteiger partial charge in [0.15, 0.2) is 0 Å². The molecule has 25 heavy (non-hydrogen) atoms. The van der Waals surface area contributed by atoms with Crippen molar-refractivity contribution in [1.29, 1.82) is 0 Å². The summed E-state index contributed by atoms with van der Waals surface area (Å²) in [7, 11) is 0.741. The highest BCUT2D eigenvalue weighted by Gasteiger charge is 2.52. The van der Waals surface area contributed by atoms with E-state index in [9.17, 15) is 4.79 Å². The van der Waals surface area contributed by atoms with E-state index in [4.69, 9.17) is 18.8 Å². The lowest BCUT2D eigenvalue weighted by Gasteiger charge is -2.32. The van der Waals surface area contributed by atoms with Gasteiger partial charge in [0.1, 0.15) is 5.75 Å². The quantitative estimate of drug-likeness (QED) is 0.619. The third-order valence-electron chi connectivity index (χ3n) is 5.54. The van der Waals surface area contributed by atoms with Gasteiger partial charge in [-0.3, -0.25) is 0 Å². The van der Waals surface area contributed by atoms with Crippen LogP contribution in [-0.2, 0) is 14.0 Å². The normalized spacial score (nSPS) is 22.2. The van der Waals surface area contributed by atoms with Crippen LogP contribution in [0.3, 0.4) is 0 Å². The van der Waals surface area contributed by atoms with Crippen molar-refractivity contribution in [2.24, 2.45) is 0 Å². The van der Waals surface area contributed by atoms with Gasteiger partial charge >= 0.3 is 13.1 Å². The second-order valence-electron chi connectivity index (χ2n) is 7.85. The Balaban J connectivity index is 1.92. The van der Waals surface area contributed by atoms with Crippen molar-refractivity contribution in [3.63, 3.8) is 0 Å². The Morgan fingerprint density at radius 2 is 1.72 bits per heavy atom. The molecule has 1 aliphatic carbocycles. The van der Waals surface area contributed by atoms with Crippen LogP contribution in [0.25, 0.3) is 0 Å². The van der Waals surface area contributed by atoms with Crippen LogP contribution in [-0.4, -0.2) is 37.5 Å². The molecule has 0 radical (unpaired) electrons. The lowest BCUT2D eigenvalue weighted by molar-refractivity contribution is 0.00578. The van der Waals surface area contributed by atoms with E-state index in [1.54, 1.807) is 6.07 Å². The van der Waals surface area contributed by atoms with Gasteiger partial charge in [0.05, 0.1) is 30.0 Å². The standard InChI is InChI=1S/C19H27BO5/c1-18(2)19(3,4)25-20(24-18)16-12-14(23-13-8-6-7-9-13)10-11-15(16)17(21)22-5/h10-13H,6-9H2,1-5H3. The Bertz CT molecular complexity index is 633. The van der Waals surface area contributed by atoms with Crippen LogP contribution in [0.2, 0.25) is 0 Å². The Hall–Kier alpha value is -1.53. The van der Waals surface area contributed by atoms with Crippen molar-refractivity contribution in [2.45, 2.75) is 70.7 Å². The Kier molecular flexibility index (Phi) is 4.86. The van der Waals surface area contributed by atoms with Crippen molar-refractivity contribution in [2.75, 3.05) is 7.11 Å². The molecule has 1 aromatic carbocycles. The number of rotatable bonds is 4. The monoisotopic (exact) mass is 346 g/mol. The smallest absolute Gasteiger partial charge is 0.490 e. The van der Waals surface area contributed by atoms with Crippen LogP contribution in [0.5, 0.6) is 5.75 Å². The molecule has 6 heteroatoms. The van der Waals surface area contributed by atoms with Crippen LogP contribution < -0.4 is 10.2 Å². The minimum atomic E-state index is -0.633. The lowest BCUT2D eigenvalue weighted by atomic mass is 9.75. The molecule has 1 aliphatic heterocycles. The molecular formula is C19H27BO5. The minimum Gasteiger partial charge on any atom is -0.490 e. The topological polar surface area (TPSA) is 54.0 Å². The van der Waals surface area contributed by atoms with E-state index in [1.165, 1.54) is 20.0 Å². The molecule has 3 rings (SSSR count). The maximum atomic E-state index is 12.2. The maximum Gasteiger partial charge on any atom is 0.495 e. The Morgan fingerprint density at radius 1 is 1.12 bits per heavy atom. The van der Waals surface area contributed by atoms with E-state index in [2.05, 4.69) is 0 Å². The minimum absolute atomic E-state index is 0.245. The average Bonchev–Trinajstić information content (AvgIpc) is 3.12. The number of carbonyl (C=O) groups is 1. The molecule has 0 amide bonds. The zero-order valence-corrected chi connectivity index (χ0v) is 15.8. The number of carbonyl (C=O) groups excluding carboxylic acids is 1. The molecule has 2 aliphatic rings. The van der Waals surface area contributed by atoms with Gasteiger partial charge in [-0.25, -0.2) is 4.79 Å². The fraction of sp³-hybridized carbons (Fsp3) is 0.632. The summed E-state index contributed by atoms with van der Waals surface area (Å²) in [5.74, 6) is 0.335. The second-order valence-corrected chi connectivity index (χ2v) is 7.85. The first-order chi connectivity index (χ1) is 11.7. The van der Waals surface area contributed by atoms with Gasteiger partial charge in [0.2, 0.25) is 0 Å². The van der Waals surface area contributed by atoms with Gasteiger partial charge in [0, 0.05) is 5.46 Å². The summed E-state index contributed by atoms with van der Waals surface area (Å²) in [5, 5.41) is 0. The van der Waals surface area contributed by atoms with Crippen LogP contribution in [0, 0.1) is 0 Å². The van der Waals surface area contributed by atoms with Crippen LogP contribution in [0.4, 0.5) is 0 Å². The predicted molar refractivity (Wildman–Crippen MR) is 96.4 cm³/mol. The molecule has 0 spiro atoms. The molecule has 0 atom stereocenters. The van der Waals surface area contributed by atoms with Crippen LogP contribution in [0.15, 0.2) is 18.2 Å². The highest BCUT2D eigenvalue weighted by atomic mass is 16.7. The largest absolute Gasteiger partial charge is 0.495 e. The van der Waals surface area contributed by atoms with E-state index in [1.807, 2.05) is 39.8 Å². The molecule has 0 N–H and O–H groups in total. The molecule has 1 saturated carbocycles. The molecule has 0 unspecified atom stereocenters. The number of hydrogen-bond acceptors (Lipinski definition) is 5. The Labute approximate surface area is 150 Å². The van der Waals surface area contributed by atoms with Gasteiger partial charge in [-0.05, 0) is 71.6 Å². The van der Waals surface area contributed by atoms with Crippen molar-refractivity contribution in [3.05, 3.63) is 23.8 Å². The number of methoxy groups -OCH3 is 1. The number of benzene rings is 1. The molecule has 136 valence electrons. The van der Waals surface area contributed by atoms with Gasteiger partial charge in [-0.1, -0.05) is 0 Å². The van der Waals surface area contributed by atoms with E-state index in [0.717, 1.165) is 18.6 Å². The molecule has 0 aromatic heterocycles. The molecule has 5 nitrogen and oxygen atoms in total. The summed E-state index contributed by atoms with van der Waals surface area (Å²) in [4.78, 5) is 12.2. The average molecular weight is 346 g/mol. The van der Waals surface area contributed by atoms with Crippen molar-refractivity contribution >= 4 is 18.6 Å². The van der Waals surface area contributed by atoms with Gasteiger partial charge in [-0.15, -0.1) is 0 Å². The third kappa shape index (κ3) is 3.56. The molecule has 1 heterocycles. The summed E-state index contributed by atoms with van der Waals surface area (Å²) >= 11 is 0. The van der Waals surface area contributed by atoms with E-state index >= 15 is 0 Å². The molecule has 1 aromatic rings.